The molecule has 15 heavy (non-hydrogen) atoms. The van der Waals surface area contributed by atoms with Crippen molar-refractivity contribution in [2.24, 2.45) is 23.7 Å². The maximum absolute atomic E-state index is 5.17. The van der Waals surface area contributed by atoms with Crippen molar-refractivity contribution in [1.82, 2.24) is 5.32 Å². The smallest absolute Gasteiger partial charge is 0.0465 e. The number of nitrogens with one attached hydrogen (secondary N) is 1. The predicted octanol–water partition coefficient (Wildman–Crippen LogP) is 2.29. The molecule has 4 unspecified atom stereocenters. The SMILES string of the molecule is CNC(C(C)CCOC)C1CC2CC2C1. The van der Waals surface area contributed by atoms with Crippen LogP contribution in [-0.4, -0.2) is 26.8 Å². The number of ether oxygens (including phenoxy) is 1. The van der Waals surface area contributed by atoms with Gasteiger partial charge in [0.1, 0.15) is 0 Å². The van der Waals surface area contributed by atoms with E-state index in [0.717, 1.165) is 30.3 Å². The van der Waals surface area contributed by atoms with Crippen molar-refractivity contribution < 1.29 is 4.74 Å². The molecule has 0 aliphatic heterocycles. The minimum Gasteiger partial charge on any atom is -0.385 e. The Balaban J connectivity index is 1.80. The number of methoxy groups -OCH3 is 1. The van der Waals surface area contributed by atoms with Crippen LogP contribution in [0, 0.1) is 23.7 Å². The summed E-state index contributed by atoms with van der Waals surface area (Å²) in [7, 11) is 3.92. The first kappa shape index (κ1) is 11.4. The molecule has 0 spiro atoms. The lowest BCUT2D eigenvalue weighted by Gasteiger charge is -2.30. The van der Waals surface area contributed by atoms with Crippen molar-refractivity contribution in [2.75, 3.05) is 20.8 Å². The fourth-order valence-electron chi connectivity index (χ4n) is 3.52. The zero-order chi connectivity index (χ0) is 10.8. The van der Waals surface area contributed by atoms with Gasteiger partial charge in [-0.2, -0.15) is 0 Å². The largest absolute Gasteiger partial charge is 0.385 e. The Morgan fingerprint density at radius 1 is 1.27 bits per heavy atom. The average molecular weight is 211 g/mol. The number of hydrogen-bond acceptors (Lipinski definition) is 2. The van der Waals surface area contributed by atoms with E-state index in [-0.39, 0.29) is 0 Å². The summed E-state index contributed by atoms with van der Waals surface area (Å²) in [6.45, 7) is 3.27. The highest BCUT2D eigenvalue weighted by Crippen LogP contribution is 2.55. The molecule has 0 aromatic heterocycles. The fourth-order valence-corrected chi connectivity index (χ4v) is 3.52. The van der Waals surface area contributed by atoms with Crippen LogP contribution in [0.2, 0.25) is 0 Å². The van der Waals surface area contributed by atoms with E-state index in [1.165, 1.54) is 25.7 Å². The van der Waals surface area contributed by atoms with Crippen LogP contribution in [0.5, 0.6) is 0 Å². The number of fused-ring (bicyclic) bond motifs is 1. The summed E-state index contributed by atoms with van der Waals surface area (Å²) in [5, 5.41) is 3.54. The van der Waals surface area contributed by atoms with Gasteiger partial charge in [0.15, 0.2) is 0 Å². The van der Waals surface area contributed by atoms with Gasteiger partial charge in [-0.25, -0.2) is 0 Å². The van der Waals surface area contributed by atoms with Gasteiger partial charge in [0.05, 0.1) is 0 Å². The Labute approximate surface area is 93.8 Å². The van der Waals surface area contributed by atoms with E-state index in [0.29, 0.717) is 6.04 Å². The Kier molecular flexibility index (Phi) is 3.68. The van der Waals surface area contributed by atoms with Gasteiger partial charge in [-0.15, -0.1) is 0 Å². The zero-order valence-corrected chi connectivity index (χ0v) is 10.3. The first-order chi connectivity index (χ1) is 7.26. The first-order valence-electron chi connectivity index (χ1n) is 6.42. The minimum atomic E-state index is 0.716. The van der Waals surface area contributed by atoms with Gasteiger partial charge in [0.25, 0.3) is 0 Å². The molecule has 0 saturated heterocycles. The maximum atomic E-state index is 5.17. The average Bonchev–Trinajstić information content (AvgIpc) is 2.84. The van der Waals surface area contributed by atoms with Gasteiger partial charge >= 0.3 is 0 Å². The summed E-state index contributed by atoms with van der Waals surface area (Å²) in [5.74, 6) is 3.88. The Bertz CT molecular complexity index is 197. The van der Waals surface area contributed by atoms with Crippen molar-refractivity contribution in [3.8, 4) is 0 Å². The molecule has 0 bridgehead atoms. The molecule has 0 radical (unpaired) electrons. The molecule has 1 N–H and O–H groups in total. The molecule has 2 saturated carbocycles. The van der Waals surface area contributed by atoms with Crippen LogP contribution in [0.25, 0.3) is 0 Å². The summed E-state index contributed by atoms with van der Waals surface area (Å²) in [6, 6.07) is 0.716. The van der Waals surface area contributed by atoms with Crippen molar-refractivity contribution in [3.05, 3.63) is 0 Å². The standard InChI is InChI=1S/C13H25NO/c1-9(4-5-15-3)13(14-2)12-7-10-6-11(10)8-12/h9-14H,4-8H2,1-3H3. The lowest BCUT2D eigenvalue weighted by atomic mass is 9.84. The minimum absolute atomic E-state index is 0.716. The molecule has 2 aliphatic carbocycles. The molecular weight excluding hydrogens is 186 g/mol. The maximum Gasteiger partial charge on any atom is 0.0465 e. The van der Waals surface area contributed by atoms with Crippen LogP contribution in [0.3, 0.4) is 0 Å². The van der Waals surface area contributed by atoms with E-state index in [2.05, 4.69) is 19.3 Å². The third-order valence-corrected chi connectivity index (χ3v) is 4.51. The fraction of sp³-hybridized carbons (Fsp3) is 1.00. The normalized spacial score (nSPS) is 37.4. The van der Waals surface area contributed by atoms with Crippen LogP contribution in [-0.2, 0) is 4.74 Å². The van der Waals surface area contributed by atoms with Gasteiger partial charge in [0, 0.05) is 19.8 Å². The van der Waals surface area contributed by atoms with Gasteiger partial charge in [-0.3, -0.25) is 0 Å². The molecule has 2 rings (SSSR count). The highest BCUT2D eigenvalue weighted by atomic mass is 16.5. The summed E-state index contributed by atoms with van der Waals surface area (Å²) < 4.78 is 5.17. The van der Waals surface area contributed by atoms with E-state index in [1.54, 1.807) is 7.11 Å². The lowest BCUT2D eigenvalue weighted by molar-refractivity contribution is 0.158. The van der Waals surface area contributed by atoms with Crippen LogP contribution in [0.4, 0.5) is 0 Å². The molecule has 88 valence electrons. The zero-order valence-electron chi connectivity index (χ0n) is 10.3. The van der Waals surface area contributed by atoms with E-state index < -0.39 is 0 Å². The van der Waals surface area contributed by atoms with Crippen molar-refractivity contribution in [3.63, 3.8) is 0 Å². The highest BCUT2D eigenvalue weighted by Gasteiger charge is 2.48. The second kappa shape index (κ2) is 4.84. The van der Waals surface area contributed by atoms with Crippen LogP contribution < -0.4 is 5.32 Å². The van der Waals surface area contributed by atoms with Crippen molar-refractivity contribution in [2.45, 2.75) is 38.6 Å². The molecule has 2 nitrogen and oxygen atoms in total. The van der Waals surface area contributed by atoms with Crippen LogP contribution in [0.1, 0.15) is 32.6 Å². The van der Waals surface area contributed by atoms with E-state index in [1.807, 2.05) is 0 Å². The van der Waals surface area contributed by atoms with E-state index >= 15 is 0 Å². The van der Waals surface area contributed by atoms with Crippen LogP contribution >= 0.6 is 0 Å². The molecule has 2 fully saturated rings. The van der Waals surface area contributed by atoms with E-state index in [9.17, 15) is 0 Å². The summed E-state index contributed by atoms with van der Waals surface area (Å²) >= 11 is 0. The van der Waals surface area contributed by atoms with Gasteiger partial charge in [-0.05, 0) is 56.4 Å². The number of rotatable bonds is 6. The quantitative estimate of drug-likeness (QED) is 0.728. The molecule has 0 amide bonds. The molecule has 0 aromatic rings. The second-order valence-corrected chi connectivity index (χ2v) is 5.56. The molecule has 4 atom stereocenters. The third kappa shape index (κ3) is 2.54. The highest BCUT2D eigenvalue weighted by molar-refractivity contribution is 4.99. The van der Waals surface area contributed by atoms with E-state index in [4.69, 9.17) is 4.74 Å². The first-order valence-corrected chi connectivity index (χ1v) is 6.42. The molecule has 0 heterocycles. The molecule has 2 aliphatic rings. The third-order valence-electron chi connectivity index (χ3n) is 4.51. The topological polar surface area (TPSA) is 21.3 Å². The summed E-state index contributed by atoms with van der Waals surface area (Å²) in [4.78, 5) is 0. The Morgan fingerprint density at radius 3 is 2.47 bits per heavy atom. The molecular formula is C13H25NO. The van der Waals surface area contributed by atoms with Gasteiger partial charge in [-0.1, -0.05) is 6.92 Å². The van der Waals surface area contributed by atoms with Crippen molar-refractivity contribution in [1.29, 1.82) is 0 Å². The monoisotopic (exact) mass is 211 g/mol. The predicted molar refractivity (Wildman–Crippen MR) is 62.8 cm³/mol. The molecule has 2 heteroatoms. The van der Waals surface area contributed by atoms with Crippen LogP contribution in [0.15, 0.2) is 0 Å². The Hall–Kier alpha value is -0.0800. The Morgan fingerprint density at radius 2 is 1.93 bits per heavy atom. The molecule has 0 aromatic carbocycles. The summed E-state index contributed by atoms with van der Waals surface area (Å²) in [6.07, 6.45) is 5.67. The lowest BCUT2D eigenvalue weighted by Crippen LogP contribution is -2.39. The van der Waals surface area contributed by atoms with Crippen molar-refractivity contribution >= 4 is 0 Å². The van der Waals surface area contributed by atoms with Gasteiger partial charge in [0.2, 0.25) is 0 Å². The number of hydrogen-bond donors (Lipinski definition) is 1. The summed E-state index contributed by atoms with van der Waals surface area (Å²) in [5.41, 5.74) is 0. The van der Waals surface area contributed by atoms with Gasteiger partial charge < -0.3 is 10.1 Å². The second-order valence-electron chi connectivity index (χ2n) is 5.56.